The third-order valence-corrected chi connectivity index (χ3v) is 2.48. The summed E-state index contributed by atoms with van der Waals surface area (Å²) < 4.78 is 1.93. The Morgan fingerprint density at radius 2 is 1.94 bits per heavy atom. The van der Waals surface area contributed by atoms with E-state index in [2.05, 4.69) is 21.0 Å². The Morgan fingerprint density at radius 3 is 2.75 bits per heavy atom. The minimum atomic E-state index is 0.670. The fourth-order valence-electron chi connectivity index (χ4n) is 1.73. The van der Waals surface area contributed by atoms with Gasteiger partial charge in [0.15, 0.2) is 0 Å². The maximum atomic E-state index is 4.29. The maximum absolute atomic E-state index is 4.29. The lowest BCUT2D eigenvalue weighted by Crippen LogP contribution is -1.98. The van der Waals surface area contributed by atoms with E-state index >= 15 is 0 Å². The van der Waals surface area contributed by atoms with Crippen LogP contribution in [0, 0.1) is 6.92 Å². The van der Waals surface area contributed by atoms with Crippen molar-refractivity contribution in [3.8, 4) is 5.95 Å². The van der Waals surface area contributed by atoms with E-state index in [0.717, 1.165) is 16.6 Å². The topological polar surface area (TPSA) is 43.6 Å². The fourth-order valence-corrected chi connectivity index (χ4v) is 1.73. The van der Waals surface area contributed by atoms with Crippen LogP contribution in [0.3, 0.4) is 0 Å². The molecule has 3 rings (SSSR count). The Balaban J connectivity index is 2.26. The lowest BCUT2D eigenvalue weighted by atomic mass is 10.3. The number of nitrogens with zero attached hydrogens (tertiary/aromatic N) is 4. The summed E-state index contributed by atoms with van der Waals surface area (Å²) in [6.07, 6.45) is 7.27. The molecule has 0 saturated carbocycles. The molecule has 3 aromatic rings. The van der Waals surface area contributed by atoms with E-state index < -0.39 is 0 Å². The van der Waals surface area contributed by atoms with E-state index in [-0.39, 0.29) is 0 Å². The second kappa shape index (κ2) is 3.41. The summed E-state index contributed by atoms with van der Waals surface area (Å²) >= 11 is 0. The standard InChI is InChI=1S/C12H10N4/c1-9-7-10-3-6-16(11(10)8-15-9)12-13-4-2-5-14-12/h2-8H,1H3. The number of fused-ring (bicyclic) bond motifs is 1. The van der Waals surface area contributed by atoms with Crippen LogP contribution in [0.4, 0.5) is 0 Å². The quantitative estimate of drug-likeness (QED) is 0.618. The minimum Gasteiger partial charge on any atom is -0.284 e. The summed E-state index contributed by atoms with van der Waals surface area (Å²) in [5.41, 5.74) is 2.04. The molecule has 0 aliphatic carbocycles. The Hall–Kier alpha value is -2.23. The van der Waals surface area contributed by atoms with E-state index in [4.69, 9.17) is 0 Å². The molecule has 4 nitrogen and oxygen atoms in total. The van der Waals surface area contributed by atoms with Crippen molar-refractivity contribution < 1.29 is 0 Å². The summed E-state index contributed by atoms with van der Waals surface area (Å²) in [7, 11) is 0. The Morgan fingerprint density at radius 1 is 1.12 bits per heavy atom. The van der Waals surface area contributed by atoms with Gasteiger partial charge in [-0.15, -0.1) is 0 Å². The highest BCUT2D eigenvalue weighted by Crippen LogP contribution is 2.17. The first-order valence-corrected chi connectivity index (χ1v) is 5.06. The lowest BCUT2D eigenvalue weighted by molar-refractivity contribution is 0.958. The van der Waals surface area contributed by atoms with Gasteiger partial charge in [-0.25, -0.2) is 9.97 Å². The first-order valence-electron chi connectivity index (χ1n) is 5.06. The van der Waals surface area contributed by atoms with Gasteiger partial charge in [0, 0.05) is 29.7 Å². The molecule has 0 aliphatic rings. The van der Waals surface area contributed by atoms with Crippen molar-refractivity contribution in [1.29, 1.82) is 0 Å². The van der Waals surface area contributed by atoms with Crippen LogP contribution >= 0.6 is 0 Å². The normalized spacial score (nSPS) is 10.8. The van der Waals surface area contributed by atoms with Crippen molar-refractivity contribution in [2.24, 2.45) is 0 Å². The number of aromatic nitrogens is 4. The third kappa shape index (κ3) is 1.35. The predicted octanol–water partition coefficient (Wildman–Crippen LogP) is 2.12. The van der Waals surface area contributed by atoms with Gasteiger partial charge in [-0.2, -0.15) is 0 Å². The number of hydrogen-bond donors (Lipinski definition) is 0. The number of aryl methyl sites for hydroxylation is 1. The number of hydrogen-bond acceptors (Lipinski definition) is 3. The van der Waals surface area contributed by atoms with Gasteiger partial charge in [0.25, 0.3) is 0 Å². The third-order valence-electron chi connectivity index (χ3n) is 2.48. The molecular weight excluding hydrogens is 200 g/mol. The fraction of sp³-hybridized carbons (Fsp3) is 0.0833. The van der Waals surface area contributed by atoms with Crippen LogP contribution in [-0.4, -0.2) is 19.5 Å². The van der Waals surface area contributed by atoms with Gasteiger partial charge < -0.3 is 0 Å². The summed E-state index contributed by atoms with van der Waals surface area (Å²) in [6, 6.07) is 5.90. The van der Waals surface area contributed by atoms with Gasteiger partial charge in [-0.1, -0.05) is 0 Å². The molecule has 0 saturated heterocycles. The first-order chi connectivity index (χ1) is 7.84. The van der Waals surface area contributed by atoms with Gasteiger partial charge in [-0.3, -0.25) is 9.55 Å². The summed E-state index contributed by atoms with van der Waals surface area (Å²) in [6.45, 7) is 1.98. The molecule has 0 aromatic carbocycles. The summed E-state index contributed by atoms with van der Waals surface area (Å²) in [5.74, 6) is 0.670. The van der Waals surface area contributed by atoms with Gasteiger partial charge in [-0.05, 0) is 25.1 Å². The smallest absolute Gasteiger partial charge is 0.234 e. The second-order valence-corrected chi connectivity index (χ2v) is 3.62. The number of rotatable bonds is 1. The van der Waals surface area contributed by atoms with Crippen molar-refractivity contribution in [1.82, 2.24) is 19.5 Å². The zero-order valence-electron chi connectivity index (χ0n) is 8.83. The molecule has 0 aliphatic heterocycles. The molecule has 0 fully saturated rings. The maximum Gasteiger partial charge on any atom is 0.234 e. The van der Waals surface area contributed by atoms with Gasteiger partial charge >= 0.3 is 0 Å². The van der Waals surface area contributed by atoms with Crippen LogP contribution in [-0.2, 0) is 0 Å². The van der Waals surface area contributed by atoms with Crippen molar-refractivity contribution in [3.63, 3.8) is 0 Å². The molecule has 0 atom stereocenters. The first kappa shape index (κ1) is 9.03. The molecule has 0 spiro atoms. The van der Waals surface area contributed by atoms with Crippen molar-refractivity contribution in [2.45, 2.75) is 6.92 Å². The van der Waals surface area contributed by atoms with Gasteiger partial charge in [0.05, 0.1) is 11.7 Å². The van der Waals surface area contributed by atoms with Crippen LogP contribution < -0.4 is 0 Å². The summed E-state index contributed by atoms with van der Waals surface area (Å²) in [5, 5.41) is 1.15. The van der Waals surface area contributed by atoms with Crippen LogP contribution in [0.5, 0.6) is 0 Å². The highest BCUT2D eigenvalue weighted by atomic mass is 15.1. The minimum absolute atomic E-state index is 0.670. The Kier molecular flexibility index (Phi) is 1.93. The van der Waals surface area contributed by atoms with E-state index in [1.807, 2.05) is 30.0 Å². The van der Waals surface area contributed by atoms with Crippen LogP contribution in [0.1, 0.15) is 5.69 Å². The molecule has 4 heteroatoms. The van der Waals surface area contributed by atoms with Crippen molar-refractivity contribution in [3.05, 3.63) is 48.7 Å². The zero-order valence-corrected chi connectivity index (χ0v) is 8.83. The molecule has 0 radical (unpaired) electrons. The molecule has 0 N–H and O–H groups in total. The molecular formula is C12H10N4. The molecule has 3 heterocycles. The van der Waals surface area contributed by atoms with E-state index in [9.17, 15) is 0 Å². The Labute approximate surface area is 92.6 Å². The molecule has 3 aromatic heterocycles. The van der Waals surface area contributed by atoms with Crippen LogP contribution in [0.15, 0.2) is 43.0 Å². The van der Waals surface area contributed by atoms with Crippen LogP contribution in [0.25, 0.3) is 16.9 Å². The van der Waals surface area contributed by atoms with Crippen LogP contribution in [0.2, 0.25) is 0 Å². The van der Waals surface area contributed by atoms with E-state index in [1.165, 1.54) is 0 Å². The van der Waals surface area contributed by atoms with Crippen molar-refractivity contribution >= 4 is 10.9 Å². The molecule has 0 amide bonds. The monoisotopic (exact) mass is 210 g/mol. The predicted molar refractivity (Wildman–Crippen MR) is 61.4 cm³/mol. The van der Waals surface area contributed by atoms with Gasteiger partial charge in [0.1, 0.15) is 0 Å². The summed E-state index contributed by atoms with van der Waals surface area (Å²) in [4.78, 5) is 12.7. The molecule has 16 heavy (non-hydrogen) atoms. The molecule has 0 unspecified atom stereocenters. The van der Waals surface area contributed by atoms with Gasteiger partial charge in [0.2, 0.25) is 5.95 Å². The molecule has 0 bridgehead atoms. The lowest BCUT2D eigenvalue weighted by Gasteiger charge is -2.01. The average Bonchev–Trinajstić information content (AvgIpc) is 2.73. The number of pyridine rings is 1. The largest absolute Gasteiger partial charge is 0.284 e. The van der Waals surface area contributed by atoms with E-state index in [1.54, 1.807) is 18.5 Å². The van der Waals surface area contributed by atoms with Crippen molar-refractivity contribution in [2.75, 3.05) is 0 Å². The zero-order chi connectivity index (χ0) is 11.0. The van der Waals surface area contributed by atoms with E-state index in [0.29, 0.717) is 5.95 Å². The Bertz CT molecular complexity index is 628. The average molecular weight is 210 g/mol. The highest BCUT2D eigenvalue weighted by Gasteiger charge is 2.04. The SMILES string of the molecule is Cc1cc2ccn(-c3ncccn3)c2cn1. The second-order valence-electron chi connectivity index (χ2n) is 3.62. The highest BCUT2D eigenvalue weighted by molar-refractivity contribution is 5.80. The molecule has 78 valence electrons.